The third-order valence-corrected chi connectivity index (χ3v) is 5.70. The molecule has 4 heteroatoms. The lowest BCUT2D eigenvalue weighted by atomic mass is 9.85. The minimum absolute atomic E-state index is 0.185. The molecule has 0 aromatic carbocycles. The Morgan fingerprint density at radius 1 is 1.24 bits per heavy atom. The summed E-state index contributed by atoms with van der Waals surface area (Å²) in [5.74, 6) is 0.645. The monoisotopic (exact) mass is 294 g/mol. The highest BCUT2D eigenvalue weighted by Crippen LogP contribution is 2.38. The van der Waals surface area contributed by atoms with E-state index in [0.717, 1.165) is 25.2 Å². The normalized spacial score (nSPS) is 40.3. The fourth-order valence-corrected chi connectivity index (χ4v) is 4.17. The van der Waals surface area contributed by atoms with Crippen LogP contribution in [-0.2, 0) is 9.53 Å². The minimum atomic E-state index is -0.495. The number of nitrogens with one attached hydrogen (secondary N) is 1. The van der Waals surface area contributed by atoms with E-state index in [0.29, 0.717) is 12.1 Å². The number of carbonyl (C=O) groups excluding carboxylic acids is 1. The van der Waals surface area contributed by atoms with Crippen molar-refractivity contribution in [3.05, 3.63) is 0 Å². The van der Waals surface area contributed by atoms with Gasteiger partial charge in [0.15, 0.2) is 0 Å². The zero-order valence-electron chi connectivity index (χ0n) is 13.3. The van der Waals surface area contributed by atoms with Crippen molar-refractivity contribution >= 4 is 5.91 Å². The van der Waals surface area contributed by atoms with E-state index in [1.807, 2.05) is 0 Å². The number of carbonyl (C=O) groups is 1. The predicted molar refractivity (Wildman–Crippen MR) is 82.8 cm³/mol. The second-order valence-electron chi connectivity index (χ2n) is 7.43. The first-order chi connectivity index (χ1) is 10.1. The van der Waals surface area contributed by atoms with Crippen LogP contribution in [-0.4, -0.2) is 29.7 Å². The van der Waals surface area contributed by atoms with Crippen LogP contribution in [0.25, 0.3) is 0 Å². The molecule has 3 aliphatic carbocycles. The quantitative estimate of drug-likeness (QED) is 0.791. The molecule has 0 heterocycles. The summed E-state index contributed by atoms with van der Waals surface area (Å²) in [4.78, 5) is 11.9. The van der Waals surface area contributed by atoms with Crippen LogP contribution in [0, 0.1) is 5.92 Å². The summed E-state index contributed by atoms with van der Waals surface area (Å²) < 4.78 is 6.34. The van der Waals surface area contributed by atoms with Gasteiger partial charge in [-0.1, -0.05) is 26.2 Å². The van der Waals surface area contributed by atoms with E-state index >= 15 is 0 Å². The Balaban J connectivity index is 1.54. The molecule has 3 fully saturated rings. The first-order valence-corrected chi connectivity index (χ1v) is 8.84. The van der Waals surface area contributed by atoms with Crippen LogP contribution in [0.3, 0.4) is 0 Å². The minimum Gasteiger partial charge on any atom is -0.375 e. The van der Waals surface area contributed by atoms with Gasteiger partial charge in [-0.05, 0) is 44.4 Å². The maximum Gasteiger partial charge on any atom is 0.237 e. The molecular weight excluding hydrogens is 264 g/mol. The summed E-state index contributed by atoms with van der Waals surface area (Å²) in [6.45, 7) is 2.28. The number of rotatable bonds is 6. The molecule has 3 aliphatic rings. The van der Waals surface area contributed by atoms with Gasteiger partial charge in [0.1, 0.15) is 5.54 Å². The molecule has 0 spiro atoms. The lowest BCUT2D eigenvalue weighted by Crippen LogP contribution is -2.55. The van der Waals surface area contributed by atoms with Crippen molar-refractivity contribution in [1.82, 2.24) is 5.32 Å². The molecule has 4 nitrogen and oxygen atoms in total. The zero-order chi connectivity index (χ0) is 14.9. The molecule has 1 amide bonds. The van der Waals surface area contributed by atoms with E-state index in [4.69, 9.17) is 10.5 Å². The van der Waals surface area contributed by atoms with E-state index < -0.39 is 5.54 Å². The Labute approximate surface area is 128 Å². The van der Waals surface area contributed by atoms with E-state index in [9.17, 15) is 4.79 Å². The predicted octanol–water partition coefficient (Wildman–Crippen LogP) is 2.50. The molecule has 0 bridgehead atoms. The summed E-state index contributed by atoms with van der Waals surface area (Å²) in [6.07, 6.45) is 11.9. The molecule has 0 saturated heterocycles. The van der Waals surface area contributed by atoms with Gasteiger partial charge in [-0.2, -0.15) is 0 Å². The van der Waals surface area contributed by atoms with E-state index in [-0.39, 0.29) is 12.0 Å². The largest absolute Gasteiger partial charge is 0.375 e. The molecule has 0 radical (unpaired) electrons. The molecule has 3 N–H and O–H groups in total. The molecule has 4 unspecified atom stereocenters. The third kappa shape index (κ3) is 3.59. The fourth-order valence-electron chi connectivity index (χ4n) is 4.17. The van der Waals surface area contributed by atoms with Crippen LogP contribution < -0.4 is 11.1 Å². The zero-order valence-corrected chi connectivity index (χ0v) is 13.3. The molecule has 0 aromatic rings. The van der Waals surface area contributed by atoms with Crippen LogP contribution in [0.5, 0.6) is 0 Å². The van der Waals surface area contributed by atoms with Crippen LogP contribution in [0.1, 0.15) is 71.1 Å². The highest BCUT2D eigenvalue weighted by molar-refractivity contribution is 5.85. The number of ether oxygens (including phenoxy) is 1. The van der Waals surface area contributed by atoms with Gasteiger partial charge in [-0.3, -0.25) is 4.79 Å². The van der Waals surface area contributed by atoms with Crippen molar-refractivity contribution in [3.63, 3.8) is 0 Å². The summed E-state index contributed by atoms with van der Waals surface area (Å²) in [5.41, 5.74) is 5.20. The SMILES string of the molecule is CCC1CCCC(OC2CCC(NC3CC3)(C(N)=O)C2)C1. The lowest BCUT2D eigenvalue weighted by molar-refractivity contribution is -0.125. The highest BCUT2D eigenvalue weighted by atomic mass is 16.5. The van der Waals surface area contributed by atoms with Gasteiger partial charge < -0.3 is 15.8 Å². The molecule has 3 rings (SSSR count). The van der Waals surface area contributed by atoms with Crippen LogP contribution in [0.4, 0.5) is 0 Å². The first kappa shape index (κ1) is 15.3. The Morgan fingerprint density at radius 3 is 2.71 bits per heavy atom. The average Bonchev–Trinajstić information content (AvgIpc) is 3.19. The fraction of sp³-hybridized carbons (Fsp3) is 0.941. The second-order valence-corrected chi connectivity index (χ2v) is 7.43. The lowest BCUT2D eigenvalue weighted by Gasteiger charge is -2.32. The van der Waals surface area contributed by atoms with Gasteiger partial charge in [-0.25, -0.2) is 0 Å². The van der Waals surface area contributed by atoms with E-state index in [1.54, 1.807) is 0 Å². The Bertz CT molecular complexity index is 383. The number of amides is 1. The van der Waals surface area contributed by atoms with Crippen molar-refractivity contribution in [2.45, 2.75) is 94.9 Å². The second kappa shape index (κ2) is 6.25. The van der Waals surface area contributed by atoms with Crippen LogP contribution >= 0.6 is 0 Å². The molecular formula is C17H30N2O2. The first-order valence-electron chi connectivity index (χ1n) is 8.84. The van der Waals surface area contributed by atoms with Crippen molar-refractivity contribution in [1.29, 1.82) is 0 Å². The number of nitrogens with two attached hydrogens (primary N) is 1. The Hall–Kier alpha value is -0.610. The summed E-state index contributed by atoms with van der Waals surface area (Å²) in [7, 11) is 0. The maximum absolute atomic E-state index is 11.9. The van der Waals surface area contributed by atoms with Crippen LogP contribution in [0.2, 0.25) is 0 Å². The standard InChI is InChI=1S/C17H30N2O2/c1-2-12-4-3-5-14(10-12)21-15-8-9-17(11-15,16(18)20)19-13-6-7-13/h12-15,19H,2-11H2,1H3,(H2,18,20). The summed E-state index contributed by atoms with van der Waals surface area (Å²) in [6, 6.07) is 0.510. The smallest absolute Gasteiger partial charge is 0.237 e. The van der Waals surface area contributed by atoms with Crippen LogP contribution in [0.15, 0.2) is 0 Å². The average molecular weight is 294 g/mol. The Morgan fingerprint density at radius 2 is 2.05 bits per heavy atom. The highest BCUT2D eigenvalue weighted by Gasteiger charge is 2.47. The number of hydrogen-bond acceptors (Lipinski definition) is 3. The van der Waals surface area contributed by atoms with Crippen molar-refractivity contribution in [2.75, 3.05) is 0 Å². The Kier molecular flexibility index (Phi) is 4.55. The summed E-state index contributed by atoms with van der Waals surface area (Å²) >= 11 is 0. The van der Waals surface area contributed by atoms with Crippen molar-refractivity contribution in [3.8, 4) is 0 Å². The molecule has 4 atom stereocenters. The number of primary amides is 1. The van der Waals surface area contributed by atoms with E-state index in [2.05, 4.69) is 12.2 Å². The number of hydrogen-bond donors (Lipinski definition) is 2. The van der Waals surface area contributed by atoms with Gasteiger partial charge in [0.05, 0.1) is 12.2 Å². The molecule has 120 valence electrons. The molecule has 21 heavy (non-hydrogen) atoms. The summed E-state index contributed by atoms with van der Waals surface area (Å²) in [5, 5.41) is 3.50. The van der Waals surface area contributed by atoms with E-state index in [1.165, 1.54) is 44.9 Å². The van der Waals surface area contributed by atoms with Gasteiger partial charge in [-0.15, -0.1) is 0 Å². The third-order valence-electron chi connectivity index (χ3n) is 5.70. The molecule has 3 saturated carbocycles. The van der Waals surface area contributed by atoms with Gasteiger partial charge in [0.25, 0.3) is 0 Å². The van der Waals surface area contributed by atoms with Gasteiger partial charge in [0.2, 0.25) is 5.91 Å². The topological polar surface area (TPSA) is 64.3 Å². The van der Waals surface area contributed by atoms with Gasteiger partial charge in [0, 0.05) is 12.5 Å². The molecule has 0 aromatic heterocycles. The maximum atomic E-state index is 11.9. The molecule has 0 aliphatic heterocycles. The van der Waals surface area contributed by atoms with Crippen molar-refractivity contribution in [2.24, 2.45) is 11.7 Å². The van der Waals surface area contributed by atoms with Gasteiger partial charge >= 0.3 is 0 Å². The van der Waals surface area contributed by atoms with Crippen molar-refractivity contribution < 1.29 is 9.53 Å².